The van der Waals surface area contributed by atoms with Gasteiger partial charge in [-0.15, -0.1) is 0 Å². The summed E-state index contributed by atoms with van der Waals surface area (Å²) in [5.74, 6) is 2.41. The van der Waals surface area contributed by atoms with Crippen LogP contribution < -0.4 is 10.1 Å². The SMILES string of the molecule is COc1ccc(NC(=S)N(CCN2CCOCC2)Cc2ccc(C)o2)cc1Cl. The molecule has 28 heavy (non-hydrogen) atoms. The molecular weight excluding hydrogens is 398 g/mol. The van der Waals surface area contributed by atoms with Gasteiger partial charge in [-0.3, -0.25) is 4.90 Å². The van der Waals surface area contributed by atoms with Crippen molar-refractivity contribution in [3.8, 4) is 5.75 Å². The third-order valence-corrected chi connectivity index (χ3v) is 5.28. The van der Waals surface area contributed by atoms with Crippen LogP contribution in [0.5, 0.6) is 5.75 Å². The monoisotopic (exact) mass is 423 g/mol. The molecule has 0 spiro atoms. The number of anilines is 1. The summed E-state index contributed by atoms with van der Waals surface area (Å²) in [6.07, 6.45) is 0. The molecule has 1 aliphatic rings. The first-order chi connectivity index (χ1) is 13.5. The molecular formula is C20H26ClN3O3S. The number of hydrogen-bond acceptors (Lipinski definition) is 5. The molecule has 2 heterocycles. The Morgan fingerprint density at radius 1 is 1.29 bits per heavy atom. The Morgan fingerprint density at radius 2 is 2.07 bits per heavy atom. The summed E-state index contributed by atoms with van der Waals surface area (Å²) in [4.78, 5) is 4.50. The van der Waals surface area contributed by atoms with Crippen LogP contribution in [0.1, 0.15) is 11.5 Å². The number of thiocarbonyl (C=S) groups is 1. The lowest BCUT2D eigenvalue weighted by molar-refractivity contribution is 0.0356. The molecule has 0 bridgehead atoms. The quantitative estimate of drug-likeness (QED) is 0.680. The molecule has 1 aromatic carbocycles. The Balaban J connectivity index is 1.66. The Kier molecular flexibility index (Phi) is 7.56. The van der Waals surface area contributed by atoms with Crippen molar-refractivity contribution in [1.82, 2.24) is 9.80 Å². The highest BCUT2D eigenvalue weighted by atomic mass is 35.5. The van der Waals surface area contributed by atoms with Crippen LogP contribution in [0.15, 0.2) is 34.7 Å². The zero-order chi connectivity index (χ0) is 19.9. The molecule has 8 heteroatoms. The van der Waals surface area contributed by atoms with Crippen molar-refractivity contribution in [2.45, 2.75) is 13.5 Å². The number of aryl methyl sites for hydroxylation is 1. The number of nitrogens with one attached hydrogen (secondary N) is 1. The van der Waals surface area contributed by atoms with Gasteiger partial charge < -0.3 is 24.1 Å². The van der Waals surface area contributed by atoms with Gasteiger partial charge >= 0.3 is 0 Å². The van der Waals surface area contributed by atoms with Crippen LogP contribution in [0.25, 0.3) is 0 Å². The summed E-state index contributed by atoms with van der Waals surface area (Å²) in [5.41, 5.74) is 0.822. The number of morpholine rings is 1. The van der Waals surface area contributed by atoms with Crippen LogP contribution in [0.3, 0.4) is 0 Å². The molecule has 1 aliphatic heterocycles. The third kappa shape index (κ3) is 5.85. The fraction of sp³-hybridized carbons (Fsp3) is 0.450. The number of benzene rings is 1. The molecule has 1 saturated heterocycles. The van der Waals surface area contributed by atoms with Gasteiger partial charge in [0, 0.05) is 31.9 Å². The topological polar surface area (TPSA) is 50.1 Å². The Bertz CT molecular complexity index is 793. The van der Waals surface area contributed by atoms with Crippen LogP contribution in [0.2, 0.25) is 5.02 Å². The van der Waals surface area contributed by atoms with Crippen molar-refractivity contribution in [1.29, 1.82) is 0 Å². The van der Waals surface area contributed by atoms with Gasteiger partial charge in [-0.1, -0.05) is 11.6 Å². The van der Waals surface area contributed by atoms with E-state index < -0.39 is 0 Å². The van der Waals surface area contributed by atoms with Crippen LogP contribution in [-0.4, -0.2) is 61.4 Å². The standard InChI is InChI=1S/C20H26ClN3O3S/c1-15-3-5-17(27-15)14-24(8-7-23-9-11-26-12-10-23)20(28)22-16-4-6-19(25-2)18(21)13-16/h3-6,13H,7-12,14H2,1-2H3,(H,22,28). The molecule has 0 aliphatic carbocycles. The second-order valence-electron chi connectivity index (χ2n) is 6.67. The largest absolute Gasteiger partial charge is 0.495 e. The summed E-state index contributed by atoms with van der Waals surface area (Å²) < 4.78 is 16.4. The smallest absolute Gasteiger partial charge is 0.173 e. The second kappa shape index (κ2) is 10.1. The van der Waals surface area contributed by atoms with Gasteiger partial charge in [0.15, 0.2) is 5.11 Å². The molecule has 1 N–H and O–H groups in total. The molecule has 152 valence electrons. The minimum Gasteiger partial charge on any atom is -0.495 e. The lowest BCUT2D eigenvalue weighted by atomic mass is 10.3. The highest BCUT2D eigenvalue weighted by Crippen LogP contribution is 2.27. The van der Waals surface area contributed by atoms with E-state index in [0.29, 0.717) is 22.4 Å². The van der Waals surface area contributed by atoms with E-state index in [9.17, 15) is 0 Å². The lowest BCUT2D eigenvalue weighted by Crippen LogP contribution is -2.43. The molecule has 1 aromatic heterocycles. The molecule has 6 nitrogen and oxygen atoms in total. The van der Waals surface area contributed by atoms with Crippen molar-refractivity contribution in [2.24, 2.45) is 0 Å². The van der Waals surface area contributed by atoms with E-state index >= 15 is 0 Å². The predicted octanol–water partition coefficient (Wildman–Crippen LogP) is 3.78. The summed E-state index contributed by atoms with van der Waals surface area (Å²) >= 11 is 11.9. The molecule has 0 saturated carbocycles. The van der Waals surface area contributed by atoms with Crippen LogP contribution in [-0.2, 0) is 11.3 Å². The summed E-state index contributed by atoms with van der Waals surface area (Å²) in [6, 6.07) is 9.48. The predicted molar refractivity (Wildman–Crippen MR) is 115 cm³/mol. The second-order valence-corrected chi connectivity index (χ2v) is 7.46. The van der Waals surface area contributed by atoms with Crippen LogP contribution >= 0.6 is 23.8 Å². The normalized spacial score (nSPS) is 14.7. The molecule has 0 unspecified atom stereocenters. The highest BCUT2D eigenvalue weighted by Gasteiger charge is 2.17. The van der Waals surface area contributed by atoms with Gasteiger partial charge in [-0.05, 0) is 49.5 Å². The maximum Gasteiger partial charge on any atom is 0.173 e. The van der Waals surface area contributed by atoms with E-state index in [1.54, 1.807) is 7.11 Å². The lowest BCUT2D eigenvalue weighted by Gasteiger charge is -2.31. The number of ether oxygens (including phenoxy) is 2. The van der Waals surface area contributed by atoms with Crippen molar-refractivity contribution >= 4 is 34.6 Å². The van der Waals surface area contributed by atoms with Gasteiger partial charge in [0.2, 0.25) is 0 Å². The molecule has 3 rings (SSSR count). The summed E-state index contributed by atoms with van der Waals surface area (Å²) in [7, 11) is 1.59. The zero-order valence-electron chi connectivity index (χ0n) is 16.2. The number of hydrogen-bond donors (Lipinski definition) is 1. The van der Waals surface area contributed by atoms with Crippen molar-refractivity contribution in [3.05, 3.63) is 46.9 Å². The molecule has 0 radical (unpaired) electrons. The van der Waals surface area contributed by atoms with Crippen molar-refractivity contribution in [3.63, 3.8) is 0 Å². The Labute approximate surface area is 176 Å². The zero-order valence-corrected chi connectivity index (χ0v) is 17.8. The molecule has 2 aromatic rings. The van der Waals surface area contributed by atoms with Crippen molar-refractivity contribution < 1.29 is 13.9 Å². The minimum atomic E-state index is 0.539. The third-order valence-electron chi connectivity index (χ3n) is 4.62. The average molecular weight is 424 g/mol. The van der Waals surface area contributed by atoms with E-state index in [1.807, 2.05) is 37.3 Å². The number of furan rings is 1. The van der Waals surface area contributed by atoms with Gasteiger partial charge in [0.25, 0.3) is 0 Å². The number of rotatable bonds is 7. The summed E-state index contributed by atoms with van der Waals surface area (Å²) in [5, 5.41) is 4.45. The number of nitrogens with zero attached hydrogens (tertiary/aromatic N) is 2. The first kappa shape index (κ1) is 20.9. The van der Waals surface area contributed by atoms with Crippen molar-refractivity contribution in [2.75, 3.05) is 51.8 Å². The average Bonchev–Trinajstić information content (AvgIpc) is 3.11. The maximum atomic E-state index is 6.23. The summed E-state index contributed by atoms with van der Waals surface area (Å²) in [6.45, 7) is 7.70. The van der Waals surface area contributed by atoms with Gasteiger partial charge in [0.1, 0.15) is 17.3 Å². The van der Waals surface area contributed by atoms with E-state index in [4.69, 9.17) is 37.7 Å². The van der Waals surface area contributed by atoms with E-state index in [2.05, 4.69) is 15.1 Å². The maximum absolute atomic E-state index is 6.23. The Morgan fingerprint density at radius 3 is 2.71 bits per heavy atom. The van der Waals surface area contributed by atoms with Crippen LogP contribution in [0, 0.1) is 6.92 Å². The van der Waals surface area contributed by atoms with Gasteiger partial charge in [-0.25, -0.2) is 0 Å². The fourth-order valence-corrected chi connectivity index (χ4v) is 3.58. The van der Waals surface area contributed by atoms with E-state index in [0.717, 1.165) is 56.6 Å². The van der Waals surface area contributed by atoms with Gasteiger partial charge in [-0.2, -0.15) is 0 Å². The van der Waals surface area contributed by atoms with E-state index in [1.165, 1.54) is 0 Å². The highest BCUT2D eigenvalue weighted by molar-refractivity contribution is 7.80. The Hall–Kier alpha value is -1.80. The van der Waals surface area contributed by atoms with Gasteiger partial charge in [0.05, 0.1) is 31.9 Å². The molecule has 0 atom stereocenters. The fourth-order valence-electron chi connectivity index (χ4n) is 3.04. The first-order valence-electron chi connectivity index (χ1n) is 9.30. The first-order valence-corrected chi connectivity index (χ1v) is 10.1. The number of methoxy groups -OCH3 is 1. The molecule has 0 amide bonds. The minimum absolute atomic E-state index is 0.539. The van der Waals surface area contributed by atoms with Crippen LogP contribution in [0.4, 0.5) is 5.69 Å². The molecule has 1 fully saturated rings. The number of halogens is 1. The van der Waals surface area contributed by atoms with E-state index in [-0.39, 0.29) is 0 Å².